The first-order valence-electron chi connectivity index (χ1n) is 6.96. The predicted octanol–water partition coefficient (Wildman–Crippen LogP) is 1.72. The second-order valence-corrected chi connectivity index (χ2v) is 6.31. The summed E-state index contributed by atoms with van der Waals surface area (Å²) in [7, 11) is 0. The van der Waals surface area contributed by atoms with Gasteiger partial charge in [-0.05, 0) is 12.3 Å². The third-order valence-electron chi connectivity index (χ3n) is 3.72. The van der Waals surface area contributed by atoms with Gasteiger partial charge in [-0.15, -0.1) is 0 Å². The summed E-state index contributed by atoms with van der Waals surface area (Å²) in [5.74, 6) is 0. The average molecular weight is 250 g/mol. The monoisotopic (exact) mass is 250 g/mol. The molecule has 1 aliphatic rings. The highest BCUT2D eigenvalue weighted by Gasteiger charge is 2.29. The smallest absolute Gasteiger partial charge is 0.0534 e. The lowest BCUT2D eigenvalue weighted by Crippen LogP contribution is -2.55. The van der Waals surface area contributed by atoms with E-state index in [1.165, 1.54) is 5.56 Å². The zero-order valence-electron chi connectivity index (χ0n) is 12.1. The van der Waals surface area contributed by atoms with Crippen molar-refractivity contribution in [1.82, 2.24) is 20.0 Å². The Morgan fingerprint density at radius 1 is 1.44 bits per heavy atom. The fourth-order valence-corrected chi connectivity index (χ4v) is 2.45. The Balaban J connectivity index is 1.93. The number of hydrogen-bond donors (Lipinski definition) is 1. The first-order valence-corrected chi connectivity index (χ1v) is 6.96. The van der Waals surface area contributed by atoms with Gasteiger partial charge in [-0.25, -0.2) is 0 Å². The molecule has 102 valence electrons. The van der Waals surface area contributed by atoms with Gasteiger partial charge in [-0.2, -0.15) is 5.10 Å². The van der Waals surface area contributed by atoms with Crippen LogP contribution >= 0.6 is 0 Å². The Kier molecular flexibility index (Phi) is 4.07. The van der Waals surface area contributed by atoms with Gasteiger partial charge in [-0.1, -0.05) is 20.8 Å². The van der Waals surface area contributed by atoms with E-state index in [1.54, 1.807) is 0 Å². The molecule has 0 aromatic carbocycles. The van der Waals surface area contributed by atoms with Crippen molar-refractivity contribution in [2.45, 2.75) is 46.8 Å². The number of rotatable bonds is 3. The van der Waals surface area contributed by atoms with E-state index in [0.29, 0.717) is 11.5 Å². The van der Waals surface area contributed by atoms with Crippen molar-refractivity contribution in [1.29, 1.82) is 0 Å². The third-order valence-corrected chi connectivity index (χ3v) is 3.72. The summed E-state index contributed by atoms with van der Waals surface area (Å²) in [6.07, 6.45) is 4.16. The second kappa shape index (κ2) is 5.41. The van der Waals surface area contributed by atoms with Crippen LogP contribution < -0.4 is 5.32 Å². The highest BCUT2D eigenvalue weighted by atomic mass is 15.3. The molecule has 0 amide bonds. The highest BCUT2D eigenvalue weighted by molar-refractivity contribution is 5.04. The fourth-order valence-electron chi connectivity index (χ4n) is 2.45. The van der Waals surface area contributed by atoms with Crippen molar-refractivity contribution >= 4 is 0 Å². The van der Waals surface area contributed by atoms with Crippen LogP contribution in [0.5, 0.6) is 0 Å². The summed E-state index contributed by atoms with van der Waals surface area (Å²) in [6.45, 7) is 14.4. The van der Waals surface area contributed by atoms with Crippen LogP contribution in [-0.2, 0) is 13.1 Å². The molecule has 0 radical (unpaired) electrons. The fraction of sp³-hybridized carbons (Fsp3) is 0.786. The normalized spacial score (nSPS) is 22.3. The molecule has 4 heteroatoms. The van der Waals surface area contributed by atoms with Crippen molar-refractivity contribution in [3.63, 3.8) is 0 Å². The summed E-state index contributed by atoms with van der Waals surface area (Å²) in [6, 6.07) is 0.576. The maximum absolute atomic E-state index is 4.34. The molecule has 1 saturated heterocycles. The van der Waals surface area contributed by atoms with E-state index in [9.17, 15) is 0 Å². The summed E-state index contributed by atoms with van der Waals surface area (Å²) >= 11 is 0. The molecule has 0 spiro atoms. The standard InChI is InChI=1S/C14H26N4/c1-5-18-10-12(8-16-18)9-17-7-6-15-13(11-17)14(2,3)4/h8,10,13,15H,5-7,9,11H2,1-4H3. The zero-order valence-corrected chi connectivity index (χ0v) is 12.1. The van der Waals surface area contributed by atoms with Crippen LogP contribution in [0, 0.1) is 5.41 Å². The first kappa shape index (κ1) is 13.6. The van der Waals surface area contributed by atoms with Crippen LogP contribution in [0.3, 0.4) is 0 Å². The second-order valence-electron chi connectivity index (χ2n) is 6.31. The molecule has 2 heterocycles. The maximum Gasteiger partial charge on any atom is 0.0534 e. The molecule has 4 nitrogen and oxygen atoms in total. The lowest BCUT2D eigenvalue weighted by atomic mass is 9.85. The van der Waals surface area contributed by atoms with Crippen molar-refractivity contribution in [2.75, 3.05) is 19.6 Å². The largest absolute Gasteiger partial charge is 0.311 e. The van der Waals surface area contributed by atoms with Gasteiger partial charge in [0.15, 0.2) is 0 Å². The van der Waals surface area contributed by atoms with E-state index in [0.717, 1.165) is 32.7 Å². The number of nitrogens with one attached hydrogen (secondary N) is 1. The lowest BCUT2D eigenvalue weighted by molar-refractivity contribution is 0.129. The summed E-state index contributed by atoms with van der Waals surface area (Å²) < 4.78 is 2.00. The molecule has 1 aliphatic heterocycles. The quantitative estimate of drug-likeness (QED) is 0.887. The average Bonchev–Trinajstić information content (AvgIpc) is 2.76. The Morgan fingerprint density at radius 2 is 2.22 bits per heavy atom. The van der Waals surface area contributed by atoms with Gasteiger partial charge in [0.1, 0.15) is 0 Å². The zero-order chi connectivity index (χ0) is 13.2. The van der Waals surface area contributed by atoms with Gasteiger partial charge >= 0.3 is 0 Å². The number of hydrogen-bond acceptors (Lipinski definition) is 3. The maximum atomic E-state index is 4.34. The SMILES string of the molecule is CCn1cc(CN2CCNC(C(C)(C)C)C2)cn1. The van der Waals surface area contributed by atoms with Crippen molar-refractivity contribution in [3.8, 4) is 0 Å². The van der Waals surface area contributed by atoms with Gasteiger partial charge < -0.3 is 5.32 Å². The summed E-state index contributed by atoms with van der Waals surface area (Å²) in [5.41, 5.74) is 1.65. The van der Waals surface area contributed by atoms with E-state index >= 15 is 0 Å². The van der Waals surface area contributed by atoms with Crippen LogP contribution in [0.4, 0.5) is 0 Å². The van der Waals surface area contributed by atoms with Crippen LogP contribution in [0.25, 0.3) is 0 Å². The van der Waals surface area contributed by atoms with Crippen LogP contribution in [0.15, 0.2) is 12.4 Å². The Bertz CT molecular complexity index is 377. The molecule has 1 atom stereocenters. The molecule has 18 heavy (non-hydrogen) atoms. The molecular weight excluding hydrogens is 224 g/mol. The minimum atomic E-state index is 0.326. The van der Waals surface area contributed by atoms with Crippen molar-refractivity contribution in [2.24, 2.45) is 5.41 Å². The molecule has 1 aromatic heterocycles. The van der Waals surface area contributed by atoms with Gasteiger partial charge in [-0.3, -0.25) is 9.58 Å². The van der Waals surface area contributed by atoms with Gasteiger partial charge in [0.25, 0.3) is 0 Å². The van der Waals surface area contributed by atoms with Gasteiger partial charge in [0.2, 0.25) is 0 Å². The van der Waals surface area contributed by atoms with Crippen LogP contribution in [0.2, 0.25) is 0 Å². The van der Waals surface area contributed by atoms with Gasteiger partial charge in [0.05, 0.1) is 6.20 Å². The lowest BCUT2D eigenvalue weighted by Gasteiger charge is -2.40. The molecule has 1 fully saturated rings. The number of aromatic nitrogens is 2. The number of piperazine rings is 1. The van der Waals surface area contributed by atoms with Gasteiger partial charge in [0, 0.05) is 50.5 Å². The molecule has 1 N–H and O–H groups in total. The Labute approximate surface area is 110 Å². The van der Waals surface area contributed by atoms with Crippen molar-refractivity contribution in [3.05, 3.63) is 18.0 Å². The van der Waals surface area contributed by atoms with E-state index < -0.39 is 0 Å². The molecule has 0 aliphatic carbocycles. The summed E-state index contributed by atoms with van der Waals surface area (Å²) in [4.78, 5) is 2.53. The number of nitrogens with zero attached hydrogens (tertiary/aromatic N) is 3. The predicted molar refractivity (Wildman–Crippen MR) is 74.4 cm³/mol. The van der Waals surface area contributed by atoms with E-state index in [2.05, 4.69) is 49.2 Å². The minimum absolute atomic E-state index is 0.326. The van der Waals surface area contributed by atoms with Crippen LogP contribution in [0.1, 0.15) is 33.3 Å². The highest BCUT2D eigenvalue weighted by Crippen LogP contribution is 2.22. The molecule has 0 saturated carbocycles. The number of aryl methyl sites for hydroxylation is 1. The molecule has 0 bridgehead atoms. The third kappa shape index (κ3) is 3.33. The molecule has 1 aromatic rings. The van der Waals surface area contributed by atoms with Crippen LogP contribution in [-0.4, -0.2) is 40.4 Å². The Hall–Kier alpha value is -0.870. The minimum Gasteiger partial charge on any atom is -0.311 e. The van der Waals surface area contributed by atoms with E-state index in [-0.39, 0.29) is 0 Å². The molecule has 1 unspecified atom stereocenters. The molecule has 2 rings (SSSR count). The first-order chi connectivity index (χ1) is 8.49. The van der Waals surface area contributed by atoms with E-state index in [4.69, 9.17) is 0 Å². The summed E-state index contributed by atoms with van der Waals surface area (Å²) in [5, 5.41) is 7.97. The van der Waals surface area contributed by atoms with E-state index in [1.807, 2.05) is 10.9 Å². The Morgan fingerprint density at radius 3 is 2.83 bits per heavy atom. The van der Waals surface area contributed by atoms with Crippen molar-refractivity contribution < 1.29 is 0 Å². The topological polar surface area (TPSA) is 33.1 Å². The molecular formula is C14H26N4.